The van der Waals surface area contributed by atoms with Gasteiger partial charge in [-0.1, -0.05) is 24.9 Å². The predicted molar refractivity (Wildman–Crippen MR) is 70.2 cm³/mol. The van der Waals surface area contributed by atoms with Crippen LogP contribution in [0.3, 0.4) is 0 Å². The zero-order valence-electron chi connectivity index (χ0n) is 10.3. The van der Waals surface area contributed by atoms with Crippen molar-refractivity contribution in [3.8, 4) is 11.6 Å². The number of hydrogen-bond acceptors (Lipinski definition) is 6. The molecule has 2 aromatic rings. The molecule has 0 saturated heterocycles. The van der Waals surface area contributed by atoms with E-state index >= 15 is 0 Å². The van der Waals surface area contributed by atoms with Crippen molar-refractivity contribution in [1.29, 1.82) is 0 Å². The lowest BCUT2D eigenvalue weighted by Crippen LogP contribution is -2.12. The Kier molecular flexibility index (Phi) is 3.03. The summed E-state index contributed by atoms with van der Waals surface area (Å²) in [5.41, 5.74) is 6.28. The van der Waals surface area contributed by atoms with E-state index < -0.39 is 0 Å². The van der Waals surface area contributed by atoms with Gasteiger partial charge in [-0.05, 0) is 18.8 Å². The summed E-state index contributed by atoms with van der Waals surface area (Å²) in [6.07, 6.45) is 4.86. The molecule has 2 atom stereocenters. The second-order valence-electron chi connectivity index (χ2n) is 5.00. The summed E-state index contributed by atoms with van der Waals surface area (Å²) < 4.78 is 5.28. The Labute approximate surface area is 109 Å². The number of nitrogen functional groups attached to an aromatic ring is 1. The van der Waals surface area contributed by atoms with Crippen LogP contribution < -0.4 is 5.73 Å². The Morgan fingerprint density at radius 3 is 3.00 bits per heavy atom. The molecule has 0 aliphatic heterocycles. The summed E-state index contributed by atoms with van der Waals surface area (Å²) >= 11 is 1.38. The van der Waals surface area contributed by atoms with Gasteiger partial charge < -0.3 is 10.3 Å². The Morgan fingerprint density at radius 2 is 2.28 bits per heavy atom. The molecule has 1 aliphatic carbocycles. The summed E-state index contributed by atoms with van der Waals surface area (Å²) in [7, 11) is 0. The van der Waals surface area contributed by atoms with Crippen LogP contribution in [0.15, 0.2) is 9.90 Å². The van der Waals surface area contributed by atoms with Crippen molar-refractivity contribution in [2.24, 2.45) is 5.92 Å². The highest BCUT2D eigenvalue weighted by Gasteiger charge is 2.25. The van der Waals surface area contributed by atoms with Crippen LogP contribution in [0, 0.1) is 5.92 Å². The molecule has 96 valence electrons. The largest absolute Gasteiger partial charge is 0.375 e. The Balaban J connectivity index is 1.80. The Morgan fingerprint density at radius 1 is 1.39 bits per heavy atom. The van der Waals surface area contributed by atoms with Gasteiger partial charge in [0.05, 0.1) is 0 Å². The summed E-state index contributed by atoms with van der Waals surface area (Å²) in [5, 5.41) is 6.47. The molecule has 0 radical (unpaired) electrons. The molecule has 2 aromatic heterocycles. The van der Waals surface area contributed by atoms with Crippen molar-refractivity contribution in [2.45, 2.75) is 38.5 Å². The Bertz CT molecular complexity index is 536. The fourth-order valence-corrected chi connectivity index (χ4v) is 3.10. The van der Waals surface area contributed by atoms with Crippen molar-refractivity contribution < 1.29 is 4.52 Å². The minimum absolute atomic E-state index is 0.433. The first-order valence-corrected chi connectivity index (χ1v) is 7.15. The van der Waals surface area contributed by atoms with Crippen LogP contribution in [0.2, 0.25) is 0 Å². The van der Waals surface area contributed by atoms with E-state index in [1.807, 2.05) is 5.38 Å². The van der Waals surface area contributed by atoms with Gasteiger partial charge in [0.1, 0.15) is 5.69 Å². The van der Waals surface area contributed by atoms with Crippen LogP contribution >= 0.6 is 11.3 Å². The number of nitrogens with two attached hydrogens (primary N) is 1. The number of nitrogens with zero attached hydrogens (tertiary/aromatic N) is 3. The third-order valence-corrected chi connectivity index (χ3v) is 4.16. The van der Waals surface area contributed by atoms with Gasteiger partial charge in [-0.25, -0.2) is 4.98 Å². The van der Waals surface area contributed by atoms with E-state index in [9.17, 15) is 0 Å². The molecule has 0 spiro atoms. The molecule has 6 heteroatoms. The second-order valence-corrected chi connectivity index (χ2v) is 5.89. The molecule has 1 fully saturated rings. The lowest BCUT2D eigenvalue weighted by molar-refractivity contribution is 0.324. The van der Waals surface area contributed by atoms with E-state index in [2.05, 4.69) is 22.0 Å². The normalized spacial score (nSPS) is 24.3. The van der Waals surface area contributed by atoms with Gasteiger partial charge >= 0.3 is 0 Å². The number of aromatic nitrogens is 3. The molecule has 1 saturated carbocycles. The molecule has 2 N–H and O–H groups in total. The van der Waals surface area contributed by atoms with Crippen LogP contribution in [0.5, 0.6) is 0 Å². The lowest BCUT2D eigenvalue weighted by Gasteiger charge is -2.23. The molecular weight excluding hydrogens is 248 g/mol. The predicted octanol–water partition coefficient (Wildman–Crippen LogP) is 3.07. The standard InChI is InChI=1S/C12H16N4OS/c1-7-3-2-4-8(5-7)10-15-11(17-16-10)9-6-18-12(13)14-9/h6-8H,2-5H2,1H3,(H2,13,14). The van der Waals surface area contributed by atoms with Gasteiger partial charge in [0.15, 0.2) is 11.0 Å². The first kappa shape index (κ1) is 11.6. The minimum Gasteiger partial charge on any atom is -0.375 e. The highest BCUT2D eigenvalue weighted by atomic mass is 32.1. The number of hydrogen-bond donors (Lipinski definition) is 1. The van der Waals surface area contributed by atoms with Gasteiger partial charge in [0.2, 0.25) is 0 Å². The molecule has 0 aromatic carbocycles. The molecule has 2 heterocycles. The van der Waals surface area contributed by atoms with Gasteiger partial charge in [-0.3, -0.25) is 0 Å². The maximum absolute atomic E-state index is 5.60. The summed E-state index contributed by atoms with van der Waals surface area (Å²) in [6.45, 7) is 2.29. The third-order valence-electron chi connectivity index (χ3n) is 3.48. The second kappa shape index (κ2) is 4.68. The monoisotopic (exact) mass is 264 g/mol. The van der Waals surface area contributed by atoms with E-state index in [-0.39, 0.29) is 0 Å². The maximum Gasteiger partial charge on any atom is 0.277 e. The first-order valence-electron chi connectivity index (χ1n) is 6.27. The Hall–Kier alpha value is -1.43. The zero-order chi connectivity index (χ0) is 12.5. The van der Waals surface area contributed by atoms with Gasteiger partial charge in [0.25, 0.3) is 5.89 Å². The topological polar surface area (TPSA) is 77.8 Å². The zero-order valence-corrected chi connectivity index (χ0v) is 11.1. The quantitative estimate of drug-likeness (QED) is 0.901. The van der Waals surface area contributed by atoms with E-state index in [0.29, 0.717) is 22.6 Å². The smallest absolute Gasteiger partial charge is 0.277 e. The summed E-state index contributed by atoms with van der Waals surface area (Å²) in [5.74, 6) is 2.49. The number of thiazole rings is 1. The average molecular weight is 264 g/mol. The fraction of sp³-hybridized carbons (Fsp3) is 0.583. The molecule has 18 heavy (non-hydrogen) atoms. The van der Waals surface area contributed by atoms with E-state index in [1.54, 1.807) is 0 Å². The highest BCUT2D eigenvalue weighted by Crippen LogP contribution is 2.35. The molecule has 3 rings (SSSR count). The van der Waals surface area contributed by atoms with Crippen LogP contribution in [0.1, 0.15) is 44.3 Å². The van der Waals surface area contributed by atoms with Crippen molar-refractivity contribution in [3.63, 3.8) is 0 Å². The molecule has 2 unspecified atom stereocenters. The average Bonchev–Trinajstić information content (AvgIpc) is 2.97. The van der Waals surface area contributed by atoms with Crippen LogP contribution in [0.4, 0.5) is 5.13 Å². The van der Waals surface area contributed by atoms with Crippen LogP contribution in [-0.4, -0.2) is 15.1 Å². The fourth-order valence-electron chi connectivity index (χ4n) is 2.56. The molecule has 5 nitrogen and oxygen atoms in total. The van der Waals surface area contributed by atoms with E-state index in [4.69, 9.17) is 10.3 Å². The van der Waals surface area contributed by atoms with Crippen molar-refractivity contribution >= 4 is 16.5 Å². The van der Waals surface area contributed by atoms with Gasteiger partial charge in [-0.2, -0.15) is 4.98 Å². The SMILES string of the molecule is CC1CCCC(c2noc(-c3csc(N)n3)n2)C1. The summed E-state index contributed by atoms with van der Waals surface area (Å²) in [4.78, 5) is 8.62. The minimum atomic E-state index is 0.433. The van der Waals surface area contributed by atoms with Crippen molar-refractivity contribution in [2.75, 3.05) is 5.73 Å². The highest BCUT2D eigenvalue weighted by molar-refractivity contribution is 7.13. The van der Waals surface area contributed by atoms with Gasteiger partial charge in [-0.15, -0.1) is 11.3 Å². The number of rotatable bonds is 2. The summed E-state index contributed by atoms with van der Waals surface area (Å²) in [6, 6.07) is 0. The lowest BCUT2D eigenvalue weighted by atomic mass is 9.82. The molecular formula is C12H16N4OS. The molecule has 0 bridgehead atoms. The van der Waals surface area contributed by atoms with Crippen LogP contribution in [0.25, 0.3) is 11.6 Å². The van der Waals surface area contributed by atoms with Crippen molar-refractivity contribution in [3.05, 3.63) is 11.2 Å². The molecule has 1 aliphatic rings. The third kappa shape index (κ3) is 2.25. The van der Waals surface area contributed by atoms with Gasteiger partial charge in [0, 0.05) is 11.3 Å². The van der Waals surface area contributed by atoms with E-state index in [0.717, 1.165) is 24.6 Å². The molecule has 0 amide bonds. The van der Waals surface area contributed by atoms with Crippen molar-refractivity contribution in [1.82, 2.24) is 15.1 Å². The first-order chi connectivity index (χ1) is 8.72. The maximum atomic E-state index is 5.60. The van der Waals surface area contributed by atoms with E-state index in [1.165, 1.54) is 24.2 Å². The number of anilines is 1. The van der Waals surface area contributed by atoms with Crippen LogP contribution in [-0.2, 0) is 0 Å².